The molecule has 0 amide bonds. The first-order valence-corrected chi connectivity index (χ1v) is 7.62. The molecular weight excluding hydrogens is 302 g/mol. The first kappa shape index (κ1) is 14.6. The van der Waals surface area contributed by atoms with E-state index in [-0.39, 0.29) is 0 Å². The monoisotopic (exact) mass is 317 g/mol. The maximum absolute atomic E-state index is 11.0. The van der Waals surface area contributed by atoms with Crippen LogP contribution >= 0.6 is 11.3 Å². The molecule has 0 fully saturated rings. The molecular formula is C14H15N5O2S. The summed E-state index contributed by atoms with van der Waals surface area (Å²) in [5.74, 6) is -0.159. The second kappa shape index (κ2) is 5.82. The molecule has 0 aromatic carbocycles. The van der Waals surface area contributed by atoms with Gasteiger partial charge in [0.15, 0.2) is 11.5 Å². The van der Waals surface area contributed by atoms with E-state index in [1.165, 1.54) is 0 Å². The number of carboxylic acid groups (broad SMARTS) is 1. The first-order chi connectivity index (χ1) is 10.6. The Morgan fingerprint density at radius 3 is 2.91 bits per heavy atom. The summed E-state index contributed by atoms with van der Waals surface area (Å²) in [6, 6.07) is 7.02. The third-order valence-corrected chi connectivity index (χ3v) is 4.36. The second-order valence-corrected chi connectivity index (χ2v) is 5.97. The molecule has 3 rings (SSSR count). The number of carboxylic acids is 1. The van der Waals surface area contributed by atoms with E-state index in [2.05, 4.69) is 15.3 Å². The summed E-state index contributed by atoms with van der Waals surface area (Å²) in [7, 11) is 1.76. The van der Waals surface area contributed by atoms with Gasteiger partial charge in [0.25, 0.3) is 0 Å². The fraction of sp³-hybridized carbons (Fsp3) is 0.286. The van der Waals surface area contributed by atoms with E-state index in [1.807, 2.05) is 29.6 Å². The number of hydrogen-bond donors (Lipinski definition) is 1. The van der Waals surface area contributed by atoms with Gasteiger partial charge in [-0.1, -0.05) is 6.07 Å². The zero-order valence-corrected chi connectivity index (χ0v) is 13.0. The minimum atomic E-state index is -0.854. The summed E-state index contributed by atoms with van der Waals surface area (Å²) in [4.78, 5) is 13.7. The number of hydrogen-bond acceptors (Lipinski definition) is 6. The first-order valence-electron chi connectivity index (χ1n) is 6.74. The van der Waals surface area contributed by atoms with Crippen LogP contribution in [0.15, 0.2) is 29.6 Å². The van der Waals surface area contributed by atoms with Gasteiger partial charge in [-0.3, -0.25) is 9.69 Å². The normalized spacial score (nSPS) is 12.9. The maximum atomic E-state index is 11.0. The number of aliphatic carboxylic acids is 1. The van der Waals surface area contributed by atoms with Gasteiger partial charge < -0.3 is 5.11 Å². The predicted octanol–water partition coefficient (Wildman–Crippen LogP) is 1.76. The number of nitrogens with zero attached hydrogens (tertiary/aromatic N) is 5. The van der Waals surface area contributed by atoms with E-state index in [9.17, 15) is 4.79 Å². The molecule has 0 spiro atoms. The van der Waals surface area contributed by atoms with Crippen molar-refractivity contribution in [2.45, 2.75) is 19.5 Å². The van der Waals surface area contributed by atoms with Gasteiger partial charge in [0, 0.05) is 6.54 Å². The zero-order chi connectivity index (χ0) is 15.7. The van der Waals surface area contributed by atoms with Gasteiger partial charge in [0.1, 0.15) is 6.04 Å². The molecule has 0 bridgehead atoms. The van der Waals surface area contributed by atoms with Crippen molar-refractivity contribution >= 4 is 23.0 Å². The van der Waals surface area contributed by atoms with Crippen molar-refractivity contribution in [1.29, 1.82) is 0 Å². The van der Waals surface area contributed by atoms with Crippen LogP contribution in [0.4, 0.5) is 0 Å². The van der Waals surface area contributed by atoms with Crippen LogP contribution in [-0.2, 0) is 11.3 Å². The Morgan fingerprint density at radius 1 is 1.41 bits per heavy atom. The van der Waals surface area contributed by atoms with Crippen molar-refractivity contribution < 1.29 is 9.90 Å². The molecule has 0 saturated heterocycles. The zero-order valence-electron chi connectivity index (χ0n) is 12.2. The molecule has 114 valence electrons. The minimum Gasteiger partial charge on any atom is -0.480 e. The van der Waals surface area contributed by atoms with E-state index in [1.54, 1.807) is 34.7 Å². The predicted molar refractivity (Wildman–Crippen MR) is 82.7 cm³/mol. The molecule has 8 heteroatoms. The van der Waals surface area contributed by atoms with Gasteiger partial charge in [-0.05, 0) is 37.6 Å². The molecule has 1 atom stereocenters. The Labute approximate surface area is 130 Å². The molecule has 0 radical (unpaired) electrons. The van der Waals surface area contributed by atoms with Gasteiger partial charge in [0.05, 0.1) is 10.6 Å². The Bertz CT molecular complexity index is 799. The molecule has 3 heterocycles. The number of carbonyl (C=O) groups is 1. The summed E-state index contributed by atoms with van der Waals surface area (Å²) >= 11 is 1.57. The highest BCUT2D eigenvalue weighted by Crippen LogP contribution is 2.22. The van der Waals surface area contributed by atoms with Gasteiger partial charge >= 0.3 is 5.97 Å². The Balaban J connectivity index is 1.92. The van der Waals surface area contributed by atoms with Crippen LogP contribution in [0.1, 0.15) is 12.6 Å². The van der Waals surface area contributed by atoms with Crippen molar-refractivity contribution in [1.82, 2.24) is 24.7 Å². The standard InChI is InChI=1S/C14H15N5O2S/c1-9(14(20)21)18(2)8-10-5-6-12-15-16-13(19(12)17-10)11-4-3-7-22-11/h3-7,9H,8H2,1-2H3,(H,20,21). The van der Waals surface area contributed by atoms with E-state index >= 15 is 0 Å². The quantitative estimate of drug-likeness (QED) is 0.772. The smallest absolute Gasteiger partial charge is 0.320 e. The van der Waals surface area contributed by atoms with Crippen molar-refractivity contribution in [3.63, 3.8) is 0 Å². The van der Waals surface area contributed by atoms with Crippen molar-refractivity contribution in [2.75, 3.05) is 7.05 Å². The third-order valence-electron chi connectivity index (χ3n) is 3.49. The largest absolute Gasteiger partial charge is 0.480 e. The summed E-state index contributed by atoms with van der Waals surface area (Å²) in [6.07, 6.45) is 0. The Hall–Kier alpha value is -2.32. The molecule has 0 aliphatic carbocycles. The summed E-state index contributed by atoms with van der Waals surface area (Å²) < 4.78 is 1.69. The van der Waals surface area contributed by atoms with Crippen LogP contribution in [0.25, 0.3) is 16.3 Å². The molecule has 22 heavy (non-hydrogen) atoms. The van der Waals surface area contributed by atoms with Crippen molar-refractivity contribution in [3.8, 4) is 10.7 Å². The lowest BCUT2D eigenvalue weighted by molar-refractivity contribution is -0.142. The number of thiophene rings is 1. The van der Waals surface area contributed by atoms with E-state index in [0.29, 0.717) is 18.0 Å². The van der Waals surface area contributed by atoms with Crippen LogP contribution in [0.2, 0.25) is 0 Å². The molecule has 3 aromatic rings. The molecule has 0 aliphatic heterocycles. The maximum Gasteiger partial charge on any atom is 0.320 e. The molecule has 3 aromatic heterocycles. The Kier molecular flexibility index (Phi) is 3.86. The van der Waals surface area contributed by atoms with Crippen molar-refractivity contribution in [3.05, 3.63) is 35.3 Å². The highest BCUT2D eigenvalue weighted by atomic mass is 32.1. The Morgan fingerprint density at radius 2 is 2.23 bits per heavy atom. The lowest BCUT2D eigenvalue weighted by atomic mass is 10.2. The van der Waals surface area contributed by atoms with Gasteiger partial charge in [-0.2, -0.15) is 9.61 Å². The highest BCUT2D eigenvalue weighted by Gasteiger charge is 2.18. The number of likely N-dealkylation sites (N-methyl/N-ethyl adjacent to an activating group) is 1. The number of aromatic nitrogens is 4. The fourth-order valence-corrected chi connectivity index (χ4v) is 2.75. The highest BCUT2D eigenvalue weighted by molar-refractivity contribution is 7.13. The molecule has 1 unspecified atom stereocenters. The lowest BCUT2D eigenvalue weighted by Crippen LogP contribution is -2.35. The molecule has 0 aliphatic rings. The number of fused-ring (bicyclic) bond motifs is 1. The molecule has 1 N–H and O–H groups in total. The summed E-state index contributed by atoms with van der Waals surface area (Å²) in [6.45, 7) is 2.09. The van der Waals surface area contributed by atoms with Crippen LogP contribution in [-0.4, -0.2) is 48.9 Å². The topological polar surface area (TPSA) is 83.6 Å². The SMILES string of the molecule is CC(C(=O)O)N(C)Cc1ccc2nnc(-c3cccs3)n2n1. The third kappa shape index (κ3) is 2.70. The van der Waals surface area contributed by atoms with Gasteiger partial charge in [-0.15, -0.1) is 21.5 Å². The average Bonchev–Trinajstić information content (AvgIpc) is 3.14. The van der Waals surface area contributed by atoms with E-state index in [0.717, 1.165) is 10.6 Å². The van der Waals surface area contributed by atoms with Gasteiger partial charge in [-0.25, -0.2) is 0 Å². The lowest BCUT2D eigenvalue weighted by Gasteiger charge is -2.20. The van der Waals surface area contributed by atoms with Gasteiger partial charge in [0.2, 0.25) is 0 Å². The van der Waals surface area contributed by atoms with Crippen LogP contribution in [0.5, 0.6) is 0 Å². The average molecular weight is 317 g/mol. The summed E-state index contributed by atoms with van der Waals surface area (Å²) in [5.41, 5.74) is 1.43. The minimum absolute atomic E-state index is 0.436. The summed E-state index contributed by atoms with van der Waals surface area (Å²) in [5, 5.41) is 23.8. The molecule has 7 nitrogen and oxygen atoms in total. The fourth-order valence-electron chi connectivity index (χ4n) is 2.05. The van der Waals surface area contributed by atoms with Crippen LogP contribution < -0.4 is 0 Å². The second-order valence-electron chi connectivity index (χ2n) is 5.02. The molecule has 0 saturated carbocycles. The van der Waals surface area contributed by atoms with E-state index in [4.69, 9.17) is 5.11 Å². The van der Waals surface area contributed by atoms with Crippen molar-refractivity contribution in [2.24, 2.45) is 0 Å². The van der Waals surface area contributed by atoms with Crippen LogP contribution in [0, 0.1) is 0 Å². The van der Waals surface area contributed by atoms with Crippen LogP contribution in [0.3, 0.4) is 0 Å². The van der Waals surface area contributed by atoms with E-state index < -0.39 is 12.0 Å². The number of rotatable bonds is 5.